The molecule has 0 spiro atoms. The van der Waals surface area contributed by atoms with Crippen molar-refractivity contribution in [2.24, 2.45) is 5.92 Å². The van der Waals surface area contributed by atoms with Gasteiger partial charge in [-0.2, -0.15) is 0 Å². The summed E-state index contributed by atoms with van der Waals surface area (Å²) < 4.78 is 0.863. The van der Waals surface area contributed by atoms with E-state index in [4.69, 9.17) is 5.11 Å². The first kappa shape index (κ1) is 11.5. The Kier molecular flexibility index (Phi) is 3.19. The van der Waals surface area contributed by atoms with Crippen molar-refractivity contribution in [3.8, 4) is 0 Å². The Labute approximate surface area is 103 Å². The lowest BCUT2D eigenvalue weighted by Gasteiger charge is -2.41. The molecule has 0 aliphatic carbocycles. The van der Waals surface area contributed by atoms with Crippen molar-refractivity contribution in [3.63, 3.8) is 0 Å². The van der Waals surface area contributed by atoms with E-state index in [1.807, 2.05) is 6.07 Å². The third-order valence-electron chi connectivity index (χ3n) is 3.07. The fourth-order valence-corrected chi connectivity index (χ4v) is 2.55. The largest absolute Gasteiger partial charge is 0.478 e. The number of benzene rings is 1. The highest BCUT2D eigenvalue weighted by atomic mass is 79.9. The van der Waals surface area contributed by atoms with Gasteiger partial charge in [0.25, 0.3) is 0 Å². The van der Waals surface area contributed by atoms with Crippen LogP contribution in [0, 0.1) is 5.92 Å². The molecule has 16 heavy (non-hydrogen) atoms. The average Bonchev–Trinajstić information content (AvgIpc) is 2.18. The standard InChI is InChI=1S/C12H14BrNO2/c1-2-8-6-14(7-8)11-4-3-9(12(15)16)5-10(11)13/h3-5,8H,2,6-7H2,1H3,(H,15,16). The van der Waals surface area contributed by atoms with Gasteiger partial charge in [-0.25, -0.2) is 4.79 Å². The maximum absolute atomic E-state index is 10.8. The quantitative estimate of drug-likeness (QED) is 0.927. The smallest absolute Gasteiger partial charge is 0.335 e. The molecule has 0 saturated carbocycles. The maximum atomic E-state index is 10.8. The summed E-state index contributed by atoms with van der Waals surface area (Å²) in [4.78, 5) is 13.0. The number of carbonyl (C=O) groups is 1. The Hall–Kier alpha value is -1.03. The van der Waals surface area contributed by atoms with Crippen LogP contribution in [0.2, 0.25) is 0 Å². The van der Waals surface area contributed by atoms with Crippen LogP contribution in [0.25, 0.3) is 0 Å². The highest BCUT2D eigenvalue weighted by Crippen LogP contribution is 2.33. The van der Waals surface area contributed by atoms with E-state index in [1.54, 1.807) is 12.1 Å². The van der Waals surface area contributed by atoms with E-state index in [2.05, 4.69) is 27.8 Å². The lowest BCUT2D eigenvalue weighted by atomic mass is 9.96. The van der Waals surface area contributed by atoms with Gasteiger partial charge in [-0.15, -0.1) is 0 Å². The summed E-state index contributed by atoms with van der Waals surface area (Å²) in [7, 11) is 0. The molecular formula is C12H14BrNO2. The summed E-state index contributed by atoms with van der Waals surface area (Å²) in [6.07, 6.45) is 1.21. The molecule has 0 atom stereocenters. The zero-order valence-corrected chi connectivity index (χ0v) is 10.7. The van der Waals surface area contributed by atoms with Gasteiger partial charge in [-0.3, -0.25) is 0 Å². The first-order chi connectivity index (χ1) is 7.61. The van der Waals surface area contributed by atoms with Crippen LogP contribution in [0.4, 0.5) is 5.69 Å². The van der Waals surface area contributed by atoms with Crippen LogP contribution in [-0.2, 0) is 0 Å². The second kappa shape index (κ2) is 4.45. The predicted octanol–water partition coefficient (Wildman–Crippen LogP) is 2.99. The Bertz CT molecular complexity index is 413. The molecule has 1 aromatic rings. The minimum absolute atomic E-state index is 0.322. The van der Waals surface area contributed by atoms with Crippen LogP contribution in [0.3, 0.4) is 0 Å². The number of rotatable bonds is 3. The number of aromatic carboxylic acids is 1. The minimum Gasteiger partial charge on any atom is -0.478 e. The van der Waals surface area contributed by atoms with Gasteiger partial charge < -0.3 is 10.0 Å². The van der Waals surface area contributed by atoms with Crippen LogP contribution in [0.15, 0.2) is 22.7 Å². The molecule has 0 bridgehead atoms. The van der Waals surface area contributed by atoms with Crippen molar-refractivity contribution < 1.29 is 9.90 Å². The Balaban J connectivity index is 2.15. The summed E-state index contributed by atoms with van der Waals surface area (Å²) in [5.41, 5.74) is 1.41. The van der Waals surface area contributed by atoms with Crippen molar-refractivity contribution in [2.75, 3.05) is 18.0 Å². The monoisotopic (exact) mass is 283 g/mol. The highest BCUT2D eigenvalue weighted by Gasteiger charge is 2.26. The second-order valence-corrected chi connectivity index (χ2v) is 5.00. The van der Waals surface area contributed by atoms with Crippen LogP contribution >= 0.6 is 15.9 Å². The summed E-state index contributed by atoms with van der Waals surface area (Å²) >= 11 is 3.43. The number of halogens is 1. The van der Waals surface area contributed by atoms with Crippen LogP contribution in [0.1, 0.15) is 23.7 Å². The molecule has 2 rings (SSSR count). The molecule has 4 heteroatoms. The number of hydrogen-bond acceptors (Lipinski definition) is 2. The van der Waals surface area contributed by atoms with Gasteiger partial charge in [0, 0.05) is 17.6 Å². The molecule has 0 amide bonds. The number of hydrogen-bond donors (Lipinski definition) is 1. The normalized spacial score (nSPS) is 16.0. The fourth-order valence-electron chi connectivity index (χ4n) is 1.92. The van der Waals surface area contributed by atoms with E-state index >= 15 is 0 Å². The molecule has 1 aromatic carbocycles. The molecule has 3 nitrogen and oxygen atoms in total. The van der Waals surface area contributed by atoms with Crippen LogP contribution < -0.4 is 4.90 Å². The van der Waals surface area contributed by atoms with Crippen molar-refractivity contribution in [1.82, 2.24) is 0 Å². The van der Waals surface area contributed by atoms with Gasteiger partial charge in [0.2, 0.25) is 0 Å². The third kappa shape index (κ3) is 2.07. The topological polar surface area (TPSA) is 40.5 Å². The molecule has 1 N–H and O–H groups in total. The summed E-state index contributed by atoms with van der Waals surface area (Å²) in [5.74, 6) is -0.103. The van der Waals surface area contributed by atoms with E-state index in [0.29, 0.717) is 5.56 Å². The zero-order valence-electron chi connectivity index (χ0n) is 9.11. The number of carboxylic acid groups (broad SMARTS) is 1. The SMILES string of the molecule is CCC1CN(c2ccc(C(=O)O)cc2Br)C1. The van der Waals surface area contributed by atoms with Crippen molar-refractivity contribution in [2.45, 2.75) is 13.3 Å². The first-order valence-electron chi connectivity index (χ1n) is 5.39. The predicted molar refractivity (Wildman–Crippen MR) is 67.1 cm³/mol. The van der Waals surface area contributed by atoms with E-state index in [-0.39, 0.29) is 0 Å². The first-order valence-corrected chi connectivity index (χ1v) is 6.19. The van der Waals surface area contributed by atoms with Crippen LogP contribution in [0.5, 0.6) is 0 Å². The minimum atomic E-state index is -0.887. The van der Waals surface area contributed by atoms with Gasteiger partial charge in [0.05, 0.1) is 11.3 Å². The lowest BCUT2D eigenvalue weighted by Crippen LogP contribution is -2.46. The van der Waals surface area contributed by atoms with Crippen molar-refractivity contribution >= 4 is 27.6 Å². The molecule has 1 aliphatic rings. The number of nitrogens with zero attached hydrogens (tertiary/aromatic N) is 1. The highest BCUT2D eigenvalue weighted by molar-refractivity contribution is 9.10. The third-order valence-corrected chi connectivity index (χ3v) is 3.70. The van der Waals surface area contributed by atoms with Gasteiger partial charge in [-0.05, 0) is 46.5 Å². The molecular weight excluding hydrogens is 270 g/mol. The second-order valence-electron chi connectivity index (χ2n) is 4.15. The van der Waals surface area contributed by atoms with Crippen molar-refractivity contribution in [1.29, 1.82) is 0 Å². The molecule has 1 saturated heterocycles. The summed E-state index contributed by atoms with van der Waals surface area (Å²) in [5, 5.41) is 8.86. The fraction of sp³-hybridized carbons (Fsp3) is 0.417. The van der Waals surface area contributed by atoms with E-state index in [1.165, 1.54) is 6.42 Å². The molecule has 0 radical (unpaired) electrons. The van der Waals surface area contributed by atoms with Crippen LogP contribution in [-0.4, -0.2) is 24.2 Å². The summed E-state index contributed by atoms with van der Waals surface area (Å²) in [6, 6.07) is 5.19. The molecule has 86 valence electrons. The summed E-state index contributed by atoms with van der Waals surface area (Å²) in [6.45, 7) is 4.34. The Morgan fingerprint density at radius 2 is 2.25 bits per heavy atom. The number of carboxylic acids is 1. The van der Waals surface area contributed by atoms with Gasteiger partial charge in [0.15, 0.2) is 0 Å². The molecule has 1 fully saturated rings. The zero-order chi connectivity index (χ0) is 11.7. The van der Waals surface area contributed by atoms with E-state index in [9.17, 15) is 4.79 Å². The molecule has 0 aromatic heterocycles. The molecule has 1 heterocycles. The van der Waals surface area contributed by atoms with Gasteiger partial charge in [-0.1, -0.05) is 6.92 Å². The lowest BCUT2D eigenvalue weighted by molar-refractivity contribution is 0.0697. The van der Waals surface area contributed by atoms with Gasteiger partial charge in [0.1, 0.15) is 0 Å². The van der Waals surface area contributed by atoms with Crippen molar-refractivity contribution in [3.05, 3.63) is 28.2 Å². The van der Waals surface area contributed by atoms with Gasteiger partial charge >= 0.3 is 5.97 Å². The molecule has 0 unspecified atom stereocenters. The van der Waals surface area contributed by atoms with E-state index < -0.39 is 5.97 Å². The van der Waals surface area contributed by atoms with E-state index in [0.717, 1.165) is 29.2 Å². The molecule has 1 aliphatic heterocycles. The Morgan fingerprint density at radius 3 is 2.75 bits per heavy atom. The average molecular weight is 284 g/mol. The number of anilines is 1. The Morgan fingerprint density at radius 1 is 1.56 bits per heavy atom. The maximum Gasteiger partial charge on any atom is 0.335 e.